The molecule has 0 saturated carbocycles. The van der Waals surface area contributed by atoms with Gasteiger partial charge in [-0.2, -0.15) is 0 Å². The summed E-state index contributed by atoms with van der Waals surface area (Å²) >= 11 is 0. The number of hydrogen-bond donors (Lipinski definition) is 0. The molecule has 3 heteroatoms. The Morgan fingerprint density at radius 3 is 3.09 bits per heavy atom. The van der Waals surface area contributed by atoms with Gasteiger partial charge in [-0.25, -0.2) is 0 Å². The molecular formula is C8H7BO2. The van der Waals surface area contributed by atoms with Crippen LogP contribution in [0.15, 0.2) is 24.3 Å². The van der Waals surface area contributed by atoms with Crippen LogP contribution in [0.4, 0.5) is 0 Å². The Morgan fingerprint density at radius 2 is 2.18 bits per heavy atom. The third-order valence-electron chi connectivity index (χ3n) is 1.75. The van der Waals surface area contributed by atoms with Crippen molar-refractivity contribution in [2.24, 2.45) is 0 Å². The van der Waals surface area contributed by atoms with Crippen molar-refractivity contribution in [3.8, 4) is 5.75 Å². The second-order valence-corrected chi connectivity index (χ2v) is 2.61. The van der Waals surface area contributed by atoms with Crippen molar-refractivity contribution in [3.63, 3.8) is 0 Å². The second-order valence-electron chi connectivity index (χ2n) is 2.61. The third kappa shape index (κ3) is 1.14. The lowest BCUT2D eigenvalue weighted by Gasteiger charge is -2.14. The van der Waals surface area contributed by atoms with E-state index in [4.69, 9.17) is 4.65 Å². The number of rotatable bonds is 0. The molecule has 0 aliphatic carbocycles. The lowest BCUT2D eigenvalue weighted by Crippen LogP contribution is -2.23. The highest BCUT2D eigenvalue weighted by Crippen LogP contribution is 2.20. The van der Waals surface area contributed by atoms with Gasteiger partial charge in [0.1, 0.15) is 11.4 Å². The van der Waals surface area contributed by atoms with Crippen molar-refractivity contribution in [2.45, 2.75) is 6.42 Å². The minimum Gasteiger partial charge on any atom is -0.556 e. The van der Waals surface area contributed by atoms with E-state index in [2.05, 4.69) is 0 Å². The monoisotopic (exact) mass is 146 g/mol. The Balaban J connectivity index is 2.41. The van der Waals surface area contributed by atoms with E-state index in [1.807, 2.05) is 24.3 Å². The van der Waals surface area contributed by atoms with Gasteiger partial charge in [-0.05, 0) is 11.6 Å². The summed E-state index contributed by atoms with van der Waals surface area (Å²) in [5.41, 5.74) is 1.16. The van der Waals surface area contributed by atoms with Crippen LogP contribution in [0.3, 0.4) is 0 Å². The minimum atomic E-state index is 0.156. The Labute approximate surface area is 65.5 Å². The molecular weight excluding hydrogens is 139 g/mol. The van der Waals surface area contributed by atoms with E-state index in [0.29, 0.717) is 6.42 Å². The summed E-state index contributed by atoms with van der Waals surface area (Å²) in [7, 11) is 0.233. The average Bonchev–Trinajstić information content (AvgIpc) is 2.04. The van der Waals surface area contributed by atoms with Crippen molar-refractivity contribution in [2.75, 3.05) is 0 Å². The van der Waals surface area contributed by atoms with E-state index in [1.54, 1.807) is 0 Å². The zero-order valence-corrected chi connectivity index (χ0v) is 6.04. The molecule has 0 atom stereocenters. The van der Waals surface area contributed by atoms with Crippen LogP contribution in [0.1, 0.15) is 5.56 Å². The van der Waals surface area contributed by atoms with Gasteiger partial charge in [-0.1, -0.05) is 18.2 Å². The number of para-hydroxylation sites is 1. The number of fused-ring (bicyclic) bond motifs is 1. The summed E-state index contributed by atoms with van der Waals surface area (Å²) < 4.78 is 5.19. The lowest BCUT2D eigenvalue weighted by molar-refractivity contribution is -0.112. The standard InChI is InChI=1S/C8H7BO2/c10-8-5-6-3-1-2-4-7(6)11-9-8/h1-4,9H,5H2. The van der Waals surface area contributed by atoms with Crippen molar-refractivity contribution in [3.05, 3.63) is 29.8 Å². The topological polar surface area (TPSA) is 26.3 Å². The van der Waals surface area contributed by atoms with Crippen LogP contribution in [0.5, 0.6) is 5.75 Å². The number of carbonyl (C=O) groups is 1. The van der Waals surface area contributed by atoms with Gasteiger partial charge in [0.05, 0.1) is 0 Å². The van der Waals surface area contributed by atoms with Gasteiger partial charge in [0.25, 0.3) is 0 Å². The van der Waals surface area contributed by atoms with Crippen LogP contribution in [0, 0.1) is 0 Å². The van der Waals surface area contributed by atoms with E-state index in [1.165, 1.54) is 0 Å². The van der Waals surface area contributed by atoms with Crippen LogP contribution < -0.4 is 4.65 Å². The highest BCUT2D eigenvalue weighted by Gasteiger charge is 2.17. The Hall–Kier alpha value is -1.25. The molecule has 1 aliphatic heterocycles. The first-order valence-corrected chi connectivity index (χ1v) is 3.58. The molecule has 0 amide bonds. The Kier molecular flexibility index (Phi) is 1.42. The fourth-order valence-corrected chi connectivity index (χ4v) is 1.21. The van der Waals surface area contributed by atoms with Gasteiger partial charge in [-0.3, -0.25) is 0 Å². The molecule has 0 unspecified atom stereocenters. The van der Waals surface area contributed by atoms with E-state index < -0.39 is 0 Å². The smallest absolute Gasteiger partial charge is 0.413 e. The van der Waals surface area contributed by atoms with Crippen molar-refractivity contribution in [1.82, 2.24) is 0 Å². The summed E-state index contributed by atoms with van der Waals surface area (Å²) in [6.45, 7) is 0. The highest BCUT2D eigenvalue weighted by molar-refractivity contribution is 6.70. The molecule has 0 fully saturated rings. The van der Waals surface area contributed by atoms with Gasteiger partial charge in [0.2, 0.25) is 0 Å². The predicted molar refractivity (Wildman–Crippen MR) is 42.9 cm³/mol. The fraction of sp³-hybridized carbons (Fsp3) is 0.125. The summed E-state index contributed by atoms with van der Waals surface area (Å²) in [6.07, 6.45) is 0.524. The molecule has 11 heavy (non-hydrogen) atoms. The molecule has 0 N–H and O–H groups in total. The summed E-state index contributed by atoms with van der Waals surface area (Å²) in [5.74, 6) is 0.854. The molecule has 0 aromatic heterocycles. The fourth-order valence-electron chi connectivity index (χ4n) is 1.21. The SMILES string of the molecule is O=C1BOc2ccccc2C1. The first-order valence-electron chi connectivity index (χ1n) is 3.58. The maximum atomic E-state index is 10.9. The molecule has 0 radical (unpaired) electrons. The van der Waals surface area contributed by atoms with Crippen LogP contribution in [-0.2, 0) is 11.2 Å². The van der Waals surface area contributed by atoms with Crippen molar-refractivity contribution < 1.29 is 9.45 Å². The quantitative estimate of drug-likeness (QED) is 0.498. The third-order valence-corrected chi connectivity index (χ3v) is 1.75. The van der Waals surface area contributed by atoms with E-state index in [9.17, 15) is 4.79 Å². The maximum absolute atomic E-state index is 10.9. The molecule has 54 valence electrons. The molecule has 0 saturated heterocycles. The van der Waals surface area contributed by atoms with Gasteiger partial charge < -0.3 is 9.45 Å². The predicted octanol–water partition coefficient (Wildman–Crippen LogP) is 0.500. The number of benzene rings is 1. The van der Waals surface area contributed by atoms with Gasteiger partial charge >= 0.3 is 7.48 Å². The molecule has 2 nitrogen and oxygen atoms in total. The average molecular weight is 146 g/mol. The lowest BCUT2D eigenvalue weighted by atomic mass is 9.84. The van der Waals surface area contributed by atoms with Crippen LogP contribution in [0.25, 0.3) is 0 Å². The molecule has 0 bridgehead atoms. The highest BCUT2D eigenvalue weighted by atomic mass is 16.4. The zero-order chi connectivity index (χ0) is 7.68. The largest absolute Gasteiger partial charge is 0.556 e. The Morgan fingerprint density at radius 1 is 1.36 bits per heavy atom. The van der Waals surface area contributed by atoms with Crippen molar-refractivity contribution in [1.29, 1.82) is 0 Å². The van der Waals surface area contributed by atoms with Crippen molar-refractivity contribution >= 4 is 13.2 Å². The summed E-state index contributed by atoms with van der Waals surface area (Å²) in [5, 5.41) is 0. The van der Waals surface area contributed by atoms with Crippen LogP contribution in [0.2, 0.25) is 0 Å². The molecule has 1 aliphatic rings. The van der Waals surface area contributed by atoms with Crippen LogP contribution in [-0.4, -0.2) is 13.2 Å². The van der Waals surface area contributed by atoms with E-state index >= 15 is 0 Å². The van der Waals surface area contributed by atoms with Gasteiger partial charge in [0.15, 0.2) is 0 Å². The number of hydrogen-bond acceptors (Lipinski definition) is 2. The zero-order valence-electron chi connectivity index (χ0n) is 6.04. The van der Waals surface area contributed by atoms with Crippen LogP contribution >= 0.6 is 0 Å². The molecule has 1 heterocycles. The molecule has 1 aromatic rings. The van der Waals surface area contributed by atoms with Gasteiger partial charge in [-0.15, -0.1) is 0 Å². The Bertz CT molecular complexity index is 296. The maximum Gasteiger partial charge on any atom is 0.413 e. The summed E-state index contributed by atoms with van der Waals surface area (Å²) in [6, 6.07) is 7.64. The van der Waals surface area contributed by atoms with E-state index in [0.717, 1.165) is 11.3 Å². The first kappa shape index (κ1) is 6.46. The second kappa shape index (κ2) is 2.42. The van der Waals surface area contributed by atoms with Gasteiger partial charge in [0, 0.05) is 6.42 Å². The molecule has 2 rings (SSSR count). The first-order chi connectivity index (χ1) is 5.36. The normalized spacial score (nSPS) is 14.7. The van der Waals surface area contributed by atoms with E-state index in [-0.39, 0.29) is 13.2 Å². The molecule has 0 spiro atoms. The minimum absolute atomic E-state index is 0.156. The molecule has 1 aromatic carbocycles. The summed E-state index contributed by atoms with van der Waals surface area (Å²) in [4.78, 5) is 10.9. The number of carbonyl (C=O) groups excluding carboxylic acids is 1.